The molecule has 2 heterocycles. The summed E-state index contributed by atoms with van der Waals surface area (Å²) < 4.78 is 7.38. The average Bonchev–Trinajstić information content (AvgIpc) is 2.97. The molecule has 19 heavy (non-hydrogen) atoms. The second-order valence-electron chi connectivity index (χ2n) is 5.70. The number of aryl methyl sites for hydroxylation is 1. The molecule has 1 aliphatic carbocycles. The summed E-state index contributed by atoms with van der Waals surface area (Å²) in [5.74, 6) is 0.928. The molecule has 0 fully saturated rings. The topological polar surface area (TPSA) is 51.2 Å². The molecular formula is C15H20N2O2. The second kappa shape index (κ2) is 4.53. The van der Waals surface area contributed by atoms with Crippen LogP contribution in [0.5, 0.6) is 0 Å². The van der Waals surface area contributed by atoms with Gasteiger partial charge in [0, 0.05) is 30.6 Å². The van der Waals surface area contributed by atoms with Crippen LogP contribution in [0.25, 0.3) is 0 Å². The van der Waals surface area contributed by atoms with E-state index in [0.717, 1.165) is 36.3 Å². The van der Waals surface area contributed by atoms with Crippen molar-refractivity contribution in [2.24, 2.45) is 0 Å². The van der Waals surface area contributed by atoms with E-state index in [1.807, 2.05) is 23.0 Å². The van der Waals surface area contributed by atoms with Crippen molar-refractivity contribution in [3.63, 3.8) is 0 Å². The molecule has 0 bridgehead atoms. The van der Waals surface area contributed by atoms with Crippen molar-refractivity contribution in [2.45, 2.75) is 51.2 Å². The minimum Gasteiger partial charge on any atom is -0.469 e. The first-order chi connectivity index (χ1) is 9.08. The highest BCUT2D eigenvalue weighted by molar-refractivity contribution is 5.29. The fraction of sp³-hybridized carbons (Fsp3) is 0.533. The summed E-state index contributed by atoms with van der Waals surface area (Å²) in [5, 5.41) is 15.4. The van der Waals surface area contributed by atoms with Gasteiger partial charge in [0.05, 0.1) is 17.6 Å². The van der Waals surface area contributed by atoms with Gasteiger partial charge in [0.15, 0.2) is 0 Å². The van der Waals surface area contributed by atoms with Crippen molar-refractivity contribution >= 4 is 0 Å². The molecule has 3 rings (SSSR count). The zero-order chi connectivity index (χ0) is 13.5. The fourth-order valence-corrected chi connectivity index (χ4v) is 2.87. The Kier molecular flexibility index (Phi) is 2.97. The molecule has 0 amide bonds. The molecule has 102 valence electrons. The molecule has 0 saturated carbocycles. The third kappa shape index (κ3) is 2.21. The first-order valence-electron chi connectivity index (χ1n) is 6.92. The smallest absolute Gasteiger partial charge is 0.109 e. The van der Waals surface area contributed by atoms with Gasteiger partial charge in [-0.2, -0.15) is 5.10 Å². The predicted molar refractivity (Wildman–Crippen MR) is 71.9 cm³/mol. The molecule has 4 nitrogen and oxygen atoms in total. The number of fused-ring (bicyclic) bond motifs is 1. The molecule has 0 saturated heterocycles. The van der Waals surface area contributed by atoms with E-state index >= 15 is 0 Å². The van der Waals surface area contributed by atoms with Crippen LogP contribution in [-0.4, -0.2) is 14.9 Å². The Bertz CT molecular complexity index is 570. The molecule has 4 heteroatoms. The molecule has 0 aliphatic heterocycles. The summed E-state index contributed by atoms with van der Waals surface area (Å²) >= 11 is 0. The van der Waals surface area contributed by atoms with Crippen LogP contribution in [0.3, 0.4) is 0 Å². The number of aromatic nitrogens is 2. The van der Waals surface area contributed by atoms with E-state index in [-0.39, 0.29) is 0 Å². The minimum atomic E-state index is -0.823. The SMILES string of the molecule is CC(C)n1ccc(CC2(O)CCCc3occc32)n1. The van der Waals surface area contributed by atoms with Crippen LogP contribution in [0.4, 0.5) is 0 Å². The maximum atomic E-state index is 10.9. The van der Waals surface area contributed by atoms with Gasteiger partial charge in [-0.3, -0.25) is 4.68 Å². The quantitative estimate of drug-likeness (QED) is 0.923. The number of nitrogens with zero attached hydrogens (tertiary/aromatic N) is 2. The maximum Gasteiger partial charge on any atom is 0.109 e. The van der Waals surface area contributed by atoms with Crippen LogP contribution in [-0.2, 0) is 18.4 Å². The van der Waals surface area contributed by atoms with Gasteiger partial charge in [-0.25, -0.2) is 0 Å². The normalized spacial score (nSPS) is 22.7. The summed E-state index contributed by atoms with van der Waals surface area (Å²) in [4.78, 5) is 0. The summed E-state index contributed by atoms with van der Waals surface area (Å²) in [5.41, 5.74) is 1.06. The van der Waals surface area contributed by atoms with Crippen LogP contribution < -0.4 is 0 Å². The largest absolute Gasteiger partial charge is 0.469 e. The lowest BCUT2D eigenvalue weighted by Crippen LogP contribution is -2.32. The van der Waals surface area contributed by atoms with Gasteiger partial charge >= 0.3 is 0 Å². The van der Waals surface area contributed by atoms with Gasteiger partial charge in [-0.15, -0.1) is 0 Å². The van der Waals surface area contributed by atoms with Crippen molar-refractivity contribution < 1.29 is 9.52 Å². The van der Waals surface area contributed by atoms with Crippen molar-refractivity contribution in [1.82, 2.24) is 9.78 Å². The van der Waals surface area contributed by atoms with E-state index in [1.54, 1.807) is 6.26 Å². The molecule has 2 aromatic heterocycles. The van der Waals surface area contributed by atoms with E-state index < -0.39 is 5.60 Å². The lowest BCUT2D eigenvalue weighted by Gasteiger charge is -2.31. The van der Waals surface area contributed by atoms with Gasteiger partial charge in [0.2, 0.25) is 0 Å². The Labute approximate surface area is 113 Å². The Hall–Kier alpha value is -1.55. The van der Waals surface area contributed by atoms with Crippen LogP contribution in [0, 0.1) is 0 Å². The van der Waals surface area contributed by atoms with E-state index in [4.69, 9.17) is 4.42 Å². The summed E-state index contributed by atoms with van der Waals surface area (Å²) in [6.45, 7) is 4.20. The van der Waals surface area contributed by atoms with Crippen molar-refractivity contribution in [1.29, 1.82) is 0 Å². The molecule has 0 spiro atoms. The van der Waals surface area contributed by atoms with Gasteiger partial charge in [-0.1, -0.05) is 0 Å². The van der Waals surface area contributed by atoms with Crippen LogP contribution in [0.1, 0.15) is 49.7 Å². The molecule has 1 atom stereocenters. The first kappa shape index (κ1) is 12.5. The van der Waals surface area contributed by atoms with Gasteiger partial charge < -0.3 is 9.52 Å². The summed E-state index contributed by atoms with van der Waals surface area (Å²) in [6.07, 6.45) is 6.86. The molecule has 1 unspecified atom stereocenters. The average molecular weight is 260 g/mol. The van der Waals surface area contributed by atoms with Crippen LogP contribution in [0.15, 0.2) is 29.0 Å². The Morgan fingerprint density at radius 2 is 2.32 bits per heavy atom. The first-order valence-corrected chi connectivity index (χ1v) is 6.92. The fourth-order valence-electron chi connectivity index (χ4n) is 2.87. The van der Waals surface area contributed by atoms with Crippen molar-refractivity contribution in [3.05, 3.63) is 41.6 Å². The number of furan rings is 1. The molecule has 2 aromatic rings. The lowest BCUT2D eigenvalue weighted by molar-refractivity contribution is 0.0158. The number of rotatable bonds is 3. The highest BCUT2D eigenvalue weighted by atomic mass is 16.3. The maximum absolute atomic E-state index is 10.9. The zero-order valence-electron chi connectivity index (χ0n) is 11.5. The third-order valence-corrected chi connectivity index (χ3v) is 3.91. The van der Waals surface area contributed by atoms with Crippen LogP contribution >= 0.6 is 0 Å². The van der Waals surface area contributed by atoms with Gasteiger partial charge in [0.1, 0.15) is 5.76 Å². The molecule has 1 N–H and O–H groups in total. The molecule has 1 aliphatic rings. The Morgan fingerprint density at radius 1 is 1.47 bits per heavy atom. The standard InChI is InChI=1S/C15H20N2O2/c1-11(2)17-8-5-12(16-17)10-15(18)7-3-4-14-13(15)6-9-19-14/h5-6,8-9,11,18H,3-4,7,10H2,1-2H3. The molecular weight excluding hydrogens is 240 g/mol. The minimum absolute atomic E-state index is 0.347. The third-order valence-electron chi connectivity index (χ3n) is 3.91. The van der Waals surface area contributed by atoms with Gasteiger partial charge in [-0.05, 0) is 38.8 Å². The number of aliphatic hydroxyl groups is 1. The number of hydrogen-bond acceptors (Lipinski definition) is 3. The number of hydrogen-bond donors (Lipinski definition) is 1. The summed E-state index contributed by atoms with van der Waals surface area (Å²) in [6, 6.07) is 4.24. The van der Waals surface area contributed by atoms with Crippen molar-refractivity contribution in [3.8, 4) is 0 Å². The lowest BCUT2D eigenvalue weighted by atomic mass is 9.80. The second-order valence-corrected chi connectivity index (χ2v) is 5.70. The van der Waals surface area contributed by atoms with E-state index in [0.29, 0.717) is 12.5 Å². The zero-order valence-corrected chi connectivity index (χ0v) is 11.5. The molecule has 0 radical (unpaired) electrons. The van der Waals surface area contributed by atoms with E-state index in [9.17, 15) is 5.11 Å². The van der Waals surface area contributed by atoms with E-state index in [1.165, 1.54) is 0 Å². The van der Waals surface area contributed by atoms with Crippen LogP contribution in [0.2, 0.25) is 0 Å². The van der Waals surface area contributed by atoms with Crippen molar-refractivity contribution in [2.75, 3.05) is 0 Å². The highest BCUT2D eigenvalue weighted by Gasteiger charge is 2.36. The Morgan fingerprint density at radius 3 is 3.05 bits per heavy atom. The monoisotopic (exact) mass is 260 g/mol. The van der Waals surface area contributed by atoms with Gasteiger partial charge in [0.25, 0.3) is 0 Å². The highest BCUT2D eigenvalue weighted by Crippen LogP contribution is 2.38. The van der Waals surface area contributed by atoms with E-state index in [2.05, 4.69) is 18.9 Å². The molecule has 0 aromatic carbocycles. The Balaban J connectivity index is 1.86. The predicted octanol–water partition coefficient (Wildman–Crippen LogP) is 2.82. The summed E-state index contributed by atoms with van der Waals surface area (Å²) in [7, 11) is 0.